The zero-order valence-corrected chi connectivity index (χ0v) is 22.4. The van der Waals surface area contributed by atoms with Crippen LogP contribution in [0.2, 0.25) is 0 Å². The predicted molar refractivity (Wildman–Crippen MR) is 152 cm³/mol. The minimum atomic E-state index is -0.446. The van der Waals surface area contributed by atoms with Gasteiger partial charge in [0, 0.05) is 18.4 Å². The molecule has 0 saturated heterocycles. The van der Waals surface area contributed by atoms with Crippen LogP contribution >= 0.6 is 0 Å². The van der Waals surface area contributed by atoms with Gasteiger partial charge in [0.2, 0.25) is 0 Å². The minimum Gasteiger partial charge on any atom is -0.508 e. The minimum absolute atomic E-state index is 0.0201. The van der Waals surface area contributed by atoms with Gasteiger partial charge in [0.25, 0.3) is 0 Å². The van der Waals surface area contributed by atoms with Crippen molar-refractivity contribution in [1.29, 1.82) is 0 Å². The van der Waals surface area contributed by atoms with E-state index in [9.17, 15) is 15.0 Å². The molecule has 0 aromatic heterocycles. The Kier molecular flexibility index (Phi) is 7.96. The van der Waals surface area contributed by atoms with Crippen molar-refractivity contribution in [2.75, 3.05) is 0 Å². The maximum absolute atomic E-state index is 13.1. The zero-order valence-electron chi connectivity index (χ0n) is 22.4. The van der Waals surface area contributed by atoms with Crippen LogP contribution < -0.4 is 5.32 Å². The highest BCUT2D eigenvalue weighted by Gasteiger charge is 2.42. The lowest BCUT2D eigenvalue weighted by Gasteiger charge is -2.38. The molecule has 7 nitrogen and oxygen atoms in total. The molecule has 202 valence electrons. The molecule has 1 saturated carbocycles. The van der Waals surface area contributed by atoms with Crippen molar-refractivity contribution >= 4 is 17.5 Å². The Labute approximate surface area is 229 Å². The number of hydrogen-bond donors (Lipinski definition) is 3. The summed E-state index contributed by atoms with van der Waals surface area (Å²) in [5.41, 5.74) is 6.72. The fraction of sp³-hybridized carbons (Fsp3) is 0.344. The molecule has 39 heavy (non-hydrogen) atoms. The molecule has 2 aliphatic rings. The number of hydrogen-bond acceptors (Lipinski definition) is 6. The van der Waals surface area contributed by atoms with Crippen LogP contribution in [0.15, 0.2) is 76.9 Å². The van der Waals surface area contributed by atoms with Crippen molar-refractivity contribution in [2.45, 2.75) is 58.6 Å². The number of phenols is 2. The number of ether oxygens (including phenoxy) is 1. The van der Waals surface area contributed by atoms with Gasteiger partial charge in [-0.3, -0.25) is 0 Å². The molecular formula is C32H35N3O4. The zero-order chi connectivity index (χ0) is 27.4. The first kappa shape index (κ1) is 26.5. The summed E-state index contributed by atoms with van der Waals surface area (Å²) in [4.78, 5) is 13.1. The molecule has 0 spiro atoms. The second-order valence-electron chi connectivity index (χ2n) is 10.6. The van der Waals surface area contributed by atoms with E-state index in [0.29, 0.717) is 6.54 Å². The first-order valence-electron chi connectivity index (χ1n) is 13.6. The molecule has 3 unspecified atom stereocenters. The maximum atomic E-state index is 13.1. The van der Waals surface area contributed by atoms with Gasteiger partial charge in [-0.2, -0.15) is 10.2 Å². The lowest BCUT2D eigenvalue weighted by Crippen LogP contribution is -2.45. The summed E-state index contributed by atoms with van der Waals surface area (Å²) in [6.45, 7) is 4.49. The highest BCUT2D eigenvalue weighted by atomic mass is 16.6. The molecule has 0 bridgehead atoms. The lowest BCUT2D eigenvalue weighted by molar-refractivity contribution is 0.0577. The summed E-state index contributed by atoms with van der Waals surface area (Å²) >= 11 is 0. The number of phenolic OH excluding ortho intramolecular Hbond substituents is 2. The Morgan fingerprint density at radius 3 is 2.13 bits per heavy atom. The monoisotopic (exact) mass is 525 g/mol. The normalized spacial score (nSPS) is 21.0. The SMILES string of the molecule is Cc1ccc(CNC(=O)OC2CCCCCC3C(c4ccc(O)cc4)=NN=C(c4ccc(O)cc4)C23)c(C)c1. The predicted octanol–water partition coefficient (Wildman–Crippen LogP) is 6.41. The Morgan fingerprint density at radius 2 is 1.46 bits per heavy atom. The first-order chi connectivity index (χ1) is 18.9. The number of nitrogens with one attached hydrogen (secondary N) is 1. The van der Waals surface area contributed by atoms with Crippen LogP contribution in [0.4, 0.5) is 4.79 Å². The average molecular weight is 526 g/mol. The van der Waals surface area contributed by atoms with Crippen molar-refractivity contribution in [3.8, 4) is 11.5 Å². The van der Waals surface area contributed by atoms with Crippen LogP contribution in [-0.4, -0.2) is 33.8 Å². The quantitative estimate of drug-likeness (QED) is 0.358. The molecule has 7 heteroatoms. The molecule has 1 aliphatic carbocycles. The van der Waals surface area contributed by atoms with Crippen LogP contribution in [0, 0.1) is 25.7 Å². The third-order valence-corrected chi connectivity index (χ3v) is 7.78. The third kappa shape index (κ3) is 6.14. The van der Waals surface area contributed by atoms with E-state index in [1.54, 1.807) is 24.3 Å². The summed E-state index contributed by atoms with van der Waals surface area (Å²) < 4.78 is 6.19. The van der Waals surface area contributed by atoms with Crippen LogP contribution in [0.3, 0.4) is 0 Å². The van der Waals surface area contributed by atoms with Crippen molar-refractivity contribution < 1.29 is 19.7 Å². The number of aromatic hydroxyl groups is 2. The lowest BCUT2D eigenvalue weighted by atomic mass is 9.71. The van der Waals surface area contributed by atoms with Crippen LogP contribution in [0.1, 0.15) is 59.9 Å². The molecule has 3 aromatic rings. The fourth-order valence-electron chi connectivity index (χ4n) is 5.74. The van der Waals surface area contributed by atoms with Crippen LogP contribution in [0.5, 0.6) is 11.5 Å². The van der Waals surface area contributed by atoms with Gasteiger partial charge in [0.05, 0.1) is 11.4 Å². The smallest absolute Gasteiger partial charge is 0.407 e. The number of amides is 1. The average Bonchev–Trinajstić information content (AvgIpc) is 2.91. The molecule has 3 aromatic carbocycles. The van der Waals surface area contributed by atoms with Crippen molar-refractivity contribution in [1.82, 2.24) is 5.32 Å². The Morgan fingerprint density at radius 1 is 0.846 bits per heavy atom. The first-order valence-corrected chi connectivity index (χ1v) is 13.6. The van der Waals surface area contributed by atoms with E-state index in [2.05, 4.69) is 28.5 Å². The number of carbonyl (C=O) groups is 1. The van der Waals surface area contributed by atoms with E-state index >= 15 is 0 Å². The van der Waals surface area contributed by atoms with Crippen LogP contribution in [-0.2, 0) is 11.3 Å². The van der Waals surface area contributed by atoms with Crippen molar-refractivity contribution in [2.24, 2.45) is 22.0 Å². The number of rotatable bonds is 5. The highest BCUT2D eigenvalue weighted by Crippen LogP contribution is 2.38. The molecule has 1 amide bonds. The maximum Gasteiger partial charge on any atom is 0.407 e. The summed E-state index contributed by atoms with van der Waals surface area (Å²) in [6.07, 6.45) is 3.79. The summed E-state index contributed by atoms with van der Waals surface area (Å²) in [7, 11) is 0. The van der Waals surface area contributed by atoms with Gasteiger partial charge in [-0.1, -0.05) is 36.6 Å². The molecule has 1 fully saturated rings. The Hall–Kier alpha value is -4.13. The number of carbonyl (C=O) groups excluding carboxylic acids is 1. The summed E-state index contributed by atoms with van der Waals surface area (Å²) in [6, 6.07) is 20.2. The summed E-state index contributed by atoms with van der Waals surface area (Å²) in [5, 5.41) is 32.0. The molecule has 1 heterocycles. The highest BCUT2D eigenvalue weighted by molar-refractivity contribution is 6.12. The third-order valence-electron chi connectivity index (χ3n) is 7.78. The second-order valence-corrected chi connectivity index (χ2v) is 10.6. The number of fused-ring (bicyclic) bond motifs is 1. The fourth-order valence-corrected chi connectivity index (χ4v) is 5.74. The molecule has 5 rings (SSSR count). The molecular weight excluding hydrogens is 490 g/mol. The van der Waals surface area contributed by atoms with Gasteiger partial charge in [-0.05, 0) is 104 Å². The Balaban J connectivity index is 1.45. The van der Waals surface area contributed by atoms with Gasteiger partial charge in [-0.15, -0.1) is 0 Å². The van der Waals surface area contributed by atoms with E-state index in [1.807, 2.05) is 43.3 Å². The van der Waals surface area contributed by atoms with E-state index in [4.69, 9.17) is 4.74 Å². The van der Waals surface area contributed by atoms with Crippen molar-refractivity contribution in [3.05, 3.63) is 94.5 Å². The second kappa shape index (κ2) is 11.7. The van der Waals surface area contributed by atoms with Crippen molar-refractivity contribution in [3.63, 3.8) is 0 Å². The van der Waals surface area contributed by atoms with E-state index in [1.165, 1.54) is 5.56 Å². The number of benzene rings is 3. The van der Waals surface area contributed by atoms with E-state index < -0.39 is 12.2 Å². The summed E-state index contributed by atoms with van der Waals surface area (Å²) in [5.74, 6) is 0.145. The molecule has 1 aliphatic heterocycles. The van der Waals surface area contributed by atoms with Gasteiger partial charge in [0.15, 0.2) is 0 Å². The molecule has 3 atom stereocenters. The van der Waals surface area contributed by atoms with Gasteiger partial charge >= 0.3 is 6.09 Å². The van der Waals surface area contributed by atoms with Gasteiger partial charge < -0.3 is 20.3 Å². The van der Waals surface area contributed by atoms with E-state index in [-0.39, 0.29) is 23.3 Å². The number of nitrogens with zero attached hydrogens (tertiary/aromatic N) is 2. The Bertz CT molecular complexity index is 1380. The standard InChI is InChI=1S/C32H35N3O4/c1-20-8-9-24(21(2)18-20)19-33-32(38)39-28-7-5-3-4-6-27-29(28)31(23-12-16-26(37)17-13-23)35-34-30(27)22-10-14-25(36)15-11-22/h8-18,27-29,36-37H,3-7,19H2,1-2H3,(H,33,38). The molecule has 3 N–H and O–H groups in total. The topological polar surface area (TPSA) is 104 Å². The van der Waals surface area contributed by atoms with Crippen LogP contribution in [0.25, 0.3) is 0 Å². The molecule has 0 radical (unpaired) electrons. The number of aryl methyl sites for hydroxylation is 2. The van der Waals surface area contributed by atoms with Gasteiger partial charge in [0.1, 0.15) is 17.6 Å². The number of alkyl carbamates (subject to hydrolysis) is 1. The van der Waals surface area contributed by atoms with E-state index in [0.717, 1.165) is 65.8 Å². The largest absolute Gasteiger partial charge is 0.508 e. The van der Waals surface area contributed by atoms with Gasteiger partial charge in [-0.25, -0.2) is 4.79 Å².